The number of sulfonamides is 1. The molecule has 0 amide bonds. The van der Waals surface area contributed by atoms with Gasteiger partial charge in [0.25, 0.3) is 0 Å². The van der Waals surface area contributed by atoms with Crippen molar-refractivity contribution in [2.45, 2.75) is 63.3 Å². The minimum absolute atomic E-state index is 0.257. The molecule has 2 aromatic rings. The number of aromatic nitrogens is 1. The van der Waals surface area contributed by atoms with Gasteiger partial charge in [-0.05, 0) is 42.4 Å². The summed E-state index contributed by atoms with van der Waals surface area (Å²) in [6.07, 6.45) is 1.59. The van der Waals surface area contributed by atoms with Crippen LogP contribution in [0.4, 0.5) is 0 Å². The summed E-state index contributed by atoms with van der Waals surface area (Å²) in [4.78, 5) is 0.340. The van der Waals surface area contributed by atoms with Crippen LogP contribution in [0.5, 0.6) is 0 Å². The summed E-state index contributed by atoms with van der Waals surface area (Å²) in [5, 5.41) is 4.08. The maximum absolute atomic E-state index is 13.1. The van der Waals surface area contributed by atoms with E-state index in [9.17, 15) is 8.42 Å². The van der Waals surface area contributed by atoms with Gasteiger partial charge in [-0.3, -0.25) is 0 Å². The second-order valence-electron chi connectivity index (χ2n) is 7.31. The molecule has 1 aliphatic rings. The fourth-order valence-electron chi connectivity index (χ4n) is 3.21. The molecule has 1 saturated heterocycles. The van der Waals surface area contributed by atoms with Crippen LogP contribution in [-0.2, 0) is 10.0 Å². The number of rotatable bonds is 5. The fourth-order valence-corrected chi connectivity index (χ4v) is 4.87. The largest absolute Gasteiger partial charge is 0.359 e. The van der Waals surface area contributed by atoms with E-state index in [4.69, 9.17) is 4.52 Å². The first kappa shape index (κ1) is 18.1. The summed E-state index contributed by atoms with van der Waals surface area (Å²) in [7, 11) is -3.54. The van der Waals surface area contributed by atoms with Crippen molar-refractivity contribution in [3.05, 3.63) is 47.3 Å². The molecule has 0 N–H and O–H groups in total. The average molecular weight is 362 g/mol. The second kappa shape index (κ2) is 6.92. The van der Waals surface area contributed by atoms with Gasteiger partial charge in [-0.2, -0.15) is 4.31 Å². The van der Waals surface area contributed by atoms with Crippen LogP contribution in [0.25, 0.3) is 0 Å². The molecule has 0 aliphatic carbocycles. The third-order valence-electron chi connectivity index (χ3n) is 4.82. The number of hydrogen-bond acceptors (Lipinski definition) is 4. The van der Waals surface area contributed by atoms with Crippen LogP contribution in [0.1, 0.15) is 75.4 Å². The van der Waals surface area contributed by atoms with E-state index in [1.807, 2.05) is 32.0 Å². The van der Waals surface area contributed by atoms with E-state index < -0.39 is 10.0 Å². The van der Waals surface area contributed by atoms with E-state index in [0.29, 0.717) is 23.1 Å². The smallest absolute Gasteiger partial charge is 0.243 e. The molecule has 6 heteroatoms. The van der Waals surface area contributed by atoms with Crippen molar-refractivity contribution in [2.75, 3.05) is 6.54 Å². The van der Waals surface area contributed by atoms with Gasteiger partial charge < -0.3 is 4.52 Å². The summed E-state index contributed by atoms with van der Waals surface area (Å²) in [5.74, 6) is 1.27. The molecule has 1 aromatic carbocycles. The van der Waals surface area contributed by atoms with Crippen LogP contribution >= 0.6 is 0 Å². The van der Waals surface area contributed by atoms with Crippen LogP contribution in [-0.4, -0.2) is 24.4 Å². The van der Waals surface area contributed by atoms with Gasteiger partial charge in [0, 0.05) is 12.6 Å². The molecule has 3 rings (SSSR count). The molecule has 136 valence electrons. The third kappa shape index (κ3) is 3.51. The van der Waals surface area contributed by atoms with Gasteiger partial charge in [0.1, 0.15) is 0 Å². The summed E-state index contributed by atoms with van der Waals surface area (Å²) in [5.41, 5.74) is 1.99. The predicted octanol–water partition coefficient (Wildman–Crippen LogP) is 4.45. The molecule has 0 bridgehead atoms. The first-order valence-electron chi connectivity index (χ1n) is 8.89. The highest BCUT2D eigenvalue weighted by molar-refractivity contribution is 7.89. The van der Waals surface area contributed by atoms with Crippen molar-refractivity contribution in [3.8, 4) is 0 Å². The zero-order valence-electron chi connectivity index (χ0n) is 15.3. The first-order valence-corrected chi connectivity index (χ1v) is 10.3. The lowest BCUT2D eigenvalue weighted by atomic mass is 10.0. The Hall–Kier alpha value is -1.66. The molecule has 1 atom stereocenters. The molecule has 1 fully saturated rings. The van der Waals surface area contributed by atoms with E-state index in [-0.39, 0.29) is 12.0 Å². The van der Waals surface area contributed by atoms with E-state index >= 15 is 0 Å². The van der Waals surface area contributed by atoms with Gasteiger partial charge in [-0.15, -0.1) is 0 Å². The molecule has 0 unspecified atom stereocenters. The van der Waals surface area contributed by atoms with Crippen molar-refractivity contribution >= 4 is 10.0 Å². The first-order chi connectivity index (χ1) is 11.8. The quantitative estimate of drug-likeness (QED) is 0.788. The topological polar surface area (TPSA) is 63.4 Å². The Balaban J connectivity index is 1.89. The second-order valence-corrected chi connectivity index (χ2v) is 9.20. The zero-order valence-corrected chi connectivity index (χ0v) is 16.1. The highest BCUT2D eigenvalue weighted by Crippen LogP contribution is 2.37. The Kier molecular flexibility index (Phi) is 5.02. The monoisotopic (exact) mass is 362 g/mol. The van der Waals surface area contributed by atoms with Crippen molar-refractivity contribution < 1.29 is 12.9 Å². The third-order valence-corrected chi connectivity index (χ3v) is 6.75. The highest BCUT2D eigenvalue weighted by Gasteiger charge is 2.38. The molecule has 2 heterocycles. The molecule has 0 saturated carbocycles. The van der Waals surface area contributed by atoms with Gasteiger partial charge in [-0.25, -0.2) is 8.42 Å². The molecule has 1 aromatic heterocycles. The van der Waals surface area contributed by atoms with Gasteiger partial charge in [0.2, 0.25) is 10.0 Å². The van der Waals surface area contributed by atoms with Crippen molar-refractivity contribution in [1.29, 1.82) is 0 Å². The fraction of sp³-hybridized carbons (Fsp3) is 0.526. The summed E-state index contributed by atoms with van der Waals surface area (Å²) in [6, 6.07) is 8.84. The lowest BCUT2D eigenvalue weighted by molar-refractivity contribution is 0.295. The van der Waals surface area contributed by atoms with E-state index in [0.717, 1.165) is 24.1 Å². The van der Waals surface area contributed by atoms with E-state index in [1.165, 1.54) is 0 Å². The Bertz CT molecular complexity index is 823. The minimum atomic E-state index is -3.54. The molecule has 0 spiro atoms. The maximum atomic E-state index is 13.1. The number of nitrogens with zero attached hydrogens (tertiary/aromatic N) is 2. The van der Waals surface area contributed by atoms with Crippen LogP contribution in [0.3, 0.4) is 0 Å². The van der Waals surface area contributed by atoms with Gasteiger partial charge in [0.15, 0.2) is 5.76 Å². The van der Waals surface area contributed by atoms with Gasteiger partial charge >= 0.3 is 0 Å². The van der Waals surface area contributed by atoms with E-state index in [1.54, 1.807) is 16.4 Å². The Morgan fingerprint density at radius 1 is 1.12 bits per heavy atom. The van der Waals surface area contributed by atoms with Crippen LogP contribution in [0, 0.1) is 0 Å². The normalized spacial score (nSPS) is 19.2. The van der Waals surface area contributed by atoms with Gasteiger partial charge in [-0.1, -0.05) is 45.0 Å². The predicted molar refractivity (Wildman–Crippen MR) is 97.0 cm³/mol. The lowest BCUT2D eigenvalue weighted by Crippen LogP contribution is -2.30. The lowest BCUT2D eigenvalue weighted by Gasteiger charge is -2.22. The highest BCUT2D eigenvalue weighted by atomic mass is 32.2. The number of hydrogen-bond donors (Lipinski definition) is 0. The Labute approximate surface area is 150 Å². The number of benzene rings is 1. The summed E-state index contributed by atoms with van der Waals surface area (Å²) >= 11 is 0. The standard InChI is InChI=1S/C19H26N2O3S/c1-13(2)15-7-9-16(10-8-15)25(22,23)21-11-5-6-18(21)19-12-17(14(3)4)20-24-19/h7-10,12-14,18H,5-6,11H2,1-4H3/t18-/m0/s1. The zero-order chi connectivity index (χ0) is 18.2. The van der Waals surface area contributed by atoms with Crippen molar-refractivity contribution in [3.63, 3.8) is 0 Å². The van der Waals surface area contributed by atoms with Crippen LogP contribution in [0.15, 0.2) is 39.8 Å². The Morgan fingerprint density at radius 2 is 1.80 bits per heavy atom. The van der Waals surface area contributed by atoms with Crippen molar-refractivity contribution in [1.82, 2.24) is 9.46 Å². The Morgan fingerprint density at radius 3 is 2.36 bits per heavy atom. The molecule has 5 nitrogen and oxygen atoms in total. The van der Waals surface area contributed by atoms with Gasteiger partial charge in [0.05, 0.1) is 16.6 Å². The molecular formula is C19H26N2O3S. The summed E-state index contributed by atoms with van der Waals surface area (Å²) < 4.78 is 33.2. The molecule has 0 radical (unpaired) electrons. The minimum Gasteiger partial charge on any atom is -0.359 e. The van der Waals surface area contributed by atoms with Crippen LogP contribution < -0.4 is 0 Å². The van der Waals surface area contributed by atoms with Crippen LogP contribution in [0.2, 0.25) is 0 Å². The molecular weight excluding hydrogens is 336 g/mol. The van der Waals surface area contributed by atoms with E-state index in [2.05, 4.69) is 19.0 Å². The average Bonchev–Trinajstić information content (AvgIpc) is 3.24. The maximum Gasteiger partial charge on any atom is 0.243 e. The molecule has 25 heavy (non-hydrogen) atoms. The molecule has 1 aliphatic heterocycles. The summed E-state index contributed by atoms with van der Waals surface area (Å²) in [6.45, 7) is 8.78. The SMILES string of the molecule is CC(C)c1ccc(S(=O)(=O)N2CCC[C@H]2c2cc(C(C)C)no2)cc1. The van der Waals surface area contributed by atoms with Crippen molar-refractivity contribution in [2.24, 2.45) is 0 Å².